The molecule has 1 unspecified atom stereocenters. The van der Waals surface area contributed by atoms with E-state index in [1.54, 1.807) is 0 Å². The maximum atomic E-state index is 11.1. The number of carbonyl (C=O) groups is 1. The molecule has 0 aliphatic heterocycles. The SMILES string of the molecule is COC(=O)CC(C)c1cc(N)cc(Br)c1. The third-order valence-corrected chi connectivity index (χ3v) is 2.67. The van der Waals surface area contributed by atoms with Crippen molar-refractivity contribution in [1.29, 1.82) is 0 Å². The number of ether oxygens (including phenoxy) is 1. The summed E-state index contributed by atoms with van der Waals surface area (Å²) in [6, 6.07) is 5.66. The van der Waals surface area contributed by atoms with Gasteiger partial charge in [-0.05, 0) is 29.7 Å². The number of carbonyl (C=O) groups excluding carboxylic acids is 1. The highest BCUT2D eigenvalue weighted by Crippen LogP contribution is 2.25. The topological polar surface area (TPSA) is 52.3 Å². The molecule has 1 aromatic carbocycles. The molecule has 0 aliphatic rings. The van der Waals surface area contributed by atoms with Crippen LogP contribution in [0, 0.1) is 0 Å². The van der Waals surface area contributed by atoms with Gasteiger partial charge in [-0.3, -0.25) is 4.79 Å². The monoisotopic (exact) mass is 271 g/mol. The molecule has 0 saturated heterocycles. The van der Waals surface area contributed by atoms with Gasteiger partial charge in [-0.25, -0.2) is 0 Å². The third kappa shape index (κ3) is 3.55. The van der Waals surface area contributed by atoms with Crippen LogP contribution in [0.25, 0.3) is 0 Å². The summed E-state index contributed by atoms with van der Waals surface area (Å²) in [4.78, 5) is 11.1. The predicted octanol–water partition coefficient (Wildman–Crippen LogP) is 2.70. The van der Waals surface area contributed by atoms with Crippen molar-refractivity contribution in [2.45, 2.75) is 19.3 Å². The van der Waals surface area contributed by atoms with Crippen molar-refractivity contribution in [3.63, 3.8) is 0 Å². The Morgan fingerprint density at radius 1 is 1.53 bits per heavy atom. The first-order valence-corrected chi connectivity index (χ1v) is 5.45. The minimum Gasteiger partial charge on any atom is -0.469 e. The zero-order valence-corrected chi connectivity index (χ0v) is 10.4. The Balaban J connectivity index is 2.81. The number of rotatable bonds is 3. The number of hydrogen-bond donors (Lipinski definition) is 1. The minimum absolute atomic E-state index is 0.109. The summed E-state index contributed by atoms with van der Waals surface area (Å²) in [7, 11) is 1.39. The Morgan fingerprint density at radius 2 is 2.20 bits per heavy atom. The molecule has 1 rings (SSSR count). The number of anilines is 1. The summed E-state index contributed by atoms with van der Waals surface area (Å²) < 4.78 is 5.55. The summed E-state index contributed by atoms with van der Waals surface area (Å²) in [5.41, 5.74) is 7.44. The van der Waals surface area contributed by atoms with Crippen molar-refractivity contribution in [2.75, 3.05) is 12.8 Å². The Hall–Kier alpha value is -1.03. The van der Waals surface area contributed by atoms with Crippen molar-refractivity contribution in [3.8, 4) is 0 Å². The Morgan fingerprint density at radius 3 is 2.73 bits per heavy atom. The normalized spacial score (nSPS) is 12.2. The van der Waals surface area contributed by atoms with Crippen molar-refractivity contribution in [1.82, 2.24) is 0 Å². The number of esters is 1. The summed E-state index contributed by atoms with van der Waals surface area (Å²) in [5.74, 6) is -0.0988. The average Bonchev–Trinajstić information content (AvgIpc) is 2.16. The van der Waals surface area contributed by atoms with E-state index in [1.165, 1.54) is 7.11 Å². The lowest BCUT2D eigenvalue weighted by molar-refractivity contribution is -0.140. The number of nitrogens with two attached hydrogens (primary N) is 1. The minimum atomic E-state index is -0.207. The van der Waals surface area contributed by atoms with Crippen molar-refractivity contribution < 1.29 is 9.53 Å². The summed E-state index contributed by atoms with van der Waals surface area (Å²) in [6.07, 6.45) is 0.367. The number of nitrogen functional groups attached to an aromatic ring is 1. The summed E-state index contributed by atoms with van der Waals surface area (Å²) in [6.45, 7) is 1.97. The van der Waals surface area contributed by atoms with Gasteiger partial charge in [-0.2, -0.15) is 0 Å². The maximum Gasteiger partial charge on any atom is 0.306 e. The van der Waals surface area contributed by atoms with Gasteiger partial charge in [0.25, 0.3) is 0 Å². The smallest absolute Gasteiger partial charge is 0.306 e. The van der Waals surface area contributed by atoms with Crippen LogP contribution >= 0.6 is 15.9 Å². The molecule has 0 spiro atoms. The predicted molar refractivity (Wildman–Crippen MR) is 63.6 cm³/mol. The molecule has 0 aliphatic carbocycles. The second-order valence-corrected chi connectivity index (χ2v) is 4.41. The van der Waals surface area contributed by atoms with Crippen LogP contribution in [-0.2, 0) is 9.53 Å². The number of hydrogen-bond acceptors (Lipinski definition) is 3. The van der Waals surface area contributed by atoms with Gasteiger partial charge < -0.3 is 10.5 Å². The molecule has 1 atom stereocenters. The van der Waals surface area contributed by atoms with Crippen LogP contribution in [0.2, 0.25) is 0 Å². The molecule has 4 heteroatoms. The average molecular weight is 272 g/mol. The van der Waals surface area contributed by atoms with Crippen LogP contribution in [0.15, 0.2) is 22.7 Å². The molecule has 0 heterocycles. The van der Waals surface area contributed by atoms with E-state index in [1.807, 2.05) is 25.1 Å². The lowest BCUT2D eigenvalue weighted by Gasteiger charge is -2.11. The zero-order chi connectivity index (χ0) is 11.4. The first-order valence-electron chi connectivity index (χ1n) is 4.65. The number of benzene rings is 1. The molecular weight excluding hydrogens is 258 g/mol. The van der Waals surface area contributed by atoms with Gasteiger partial charge in [-0.15, -0.1) is 0 Å². The van der Waals surface area contributed by atoms with E-state index >= 15 is 0 Å². The van der Waals surface area contributed by atoms with Crippen LogP contribution in [0.1, 0.15) is 24.8 Å². The largest absolute Gasteiger partial charge is 0.469 e. The molecule has 0 saturated carbocycles. The van der Waals surface area contributed by atoms with Crippen LogP contribution in [0.4, 0.5) is 5.69 Å². The maximum absolute atomic E-state index is 11.1. The number of methoxy groups -OCH3 is 1. The van der Waals surface area contributed by atoms with E-state index in [9.17, 15) is 4.79 Å². The molecular formula is C11H14BrNO2. The molecule has 3 nitrogen and oxygen atoms in total. The van der Waals surface area contributed by atoms with Crippen molar-refractivity contribution in [3.05, 3.63) is 28.2 Å². The van der Waals surface area contributed by atoms with Gasteiger partial charge in [0, 0.05) is 10.2 Å². The highest BCUT2D eigenvalue weighted by atomic mass is 79.9. The van der Waals surface area contributed by atoms with Crippen LogP contribution in [0.5, 0.6) is 0 Å². The Labute approximate surface area is 97.7 Å². The molecule has 82 valence electrons. The van der Waals surface area contributed by atoms with Gasteiger partial charge in [0.2, 0.25) is 0 Å². The molecule has 0 radical (unpaired) electrons. The van der Waals surface area contributed by atoms with Crippen LogP contribution in [0.3, 0.4) is 0 Å². The fourth-order valence-corrected chi connectivity index (χ4v) is 1.90. The highest BCUT2D eigenvalue weighted by molar-refractivity contribution is 9.10. The lowest BCUT2D eigenvalue weighted by atomic mass is 9.97. The molecule has 0 fully saturated rings. The van der Waals surface area contributed by atoms with E-state index in [0.717, 1.165) is 10.0 Å². The fraction of sp³-hybridized carbons (Fsp3) is 0.364. The molecule has 2 N–H and O–H groups in total. The first-order chi connectivity index (χ1) is 7.02. The van der Waals surface area contributed by atoms with E-state index in [2.05, 4.69) is 20.7 Å². The quantitative estimate of drug-likeness (QED) is 0.680. The molecule has 15 heavy (non-hydrogen) atoms. The second kappa shape index (κ2) is 5.16. The van der Waals surface area contributed by atoms with E-state index in [4.69, 9.17) is 5.73 Å². The molecule has 0 amide bonds. The van der Waals surface area contributed by atoms with Gasteiger partial charge >= 0.3 is 5.97 Å². The Bertz CT molecular complexity index is 345. The Kier molecular flexibility index (Phi) is 4.15. The fourth-order valence-electron chi connectivity index (χ4n) is 1.37. The highest BCUT2D eigenvalue weighted by Gasteiger charge is 2.12. The van der Waals surface area contributed by atoms with Crippen LogP contribution in [-0.4, -0.2) is 13.1 Å². The molecule has 0 aromatic heterocycles. The first kappa shape index (κ1) is 12.0. The van der Waals surface area contributed by atoms with Gasteiger partial charge in [0.05, 0.1) is 13.5 Å². The summed E-state index contributed by atoms with van der Waals surface area (Å²) >= 11 is 3.37. The lowest BCUT2D eigenvalue weighted by Crippen LogP contribution is -2.06. The van der Waals surface area contributed by atoms with Crippen molar-refractivity contribution >= 4 is 27.6 Å². The van der Waals surface area contributed by atoms with Gasteiger partial charge in [-0.1, -0.05) is 22.9 Å². The molecule has 1 aromatic rings. The van der Waals surface area contributed by atoms with E-state index in [0.29, 0.717) is 12.1 Å². The number of halogens is 1. The van der Waals surface area contributed by atoms with Gasteiger partial charge in [0.1, 0.15) is 0 Å². The third-order valence-electron chi connectivity index (χ3n) is 2.21. The molecule has 0 bridgehead atoms. The standard InChI is InChI=1S/C11H14BrNO2/c1-7(3-11(14)15-2)8-4-9(12)6-10(13)5-8/h4-7H,3,13H2,1-2H3. The van der Waals surface area contributed by atoms with E-state index < -0.39 is 0 Å². The van der Waals surface area contributed by atoms with Gasteiger partial charge in [0.15, 0.2) is 0 Å². The summed E-state index contributed by atoms with van der Waals surface area (Å²) in [5, 5.41) is 0. The second-order valence-electron chi connectivity index (χ2n) is 3.50. The zero-order valence-electron chi connectivity index (χ0n) is 8.79. The van der Waals surface area contributed by atoms with Crippen molar-refractivity contribution in [2.24, 2.45) is 0 Å². The van der Waals surface area contributed by atoms with Crippen LogP contribution < -0.4 is 5.73 Å². The van der Waals surface area contributed by atoms with E-state index in [-0.39, 0.29) is 11.9 Å².